The van der Waals surface area contributed by atoms with Crippen LogP contribution in [-0.2, 0) is 27.3 Å². The van der Waals surface area contributed by atoms with Crippen LogP contribution in [0.1, 0.15) is 42.4 Å². The highest BCUT2D eigenvalue weighted by atomic mass is 16.5. The molecule has 0 bridgehead atoms. The monoisotopic (exact) mass is 393 g/mol. The molecule has 0 aromatic heterocycles. The number of amides is 1. The van der Waals surface area contributed by atoms with Crippen molar-refractivity contribution in [2.75, 3.05) is 19.7 Å². The van der Waals surface area contributed by atoms with E-state index < -0.39 is 0 Å². The molecule has 2 aliphatic rings. The molecule has 4 heteroatoms. The van der Waals surface area contributed by atoms with Crippen LogP contribution >= 0.6 is 0 Å². The number of likely N-dealkylation sites (tertiary alicyclic amines) is 1. The fraction of sp³-hybridized carbons (Fsp3) is 0.480. The Balaban J connectivity index is 1.28. The first kappa shape index (κ1) is 20.1. The van der Waals surface area contributed by atoms with Crippen molar-refractivity contribution >= 4 is 5.91 Å². The van der Waals surface area contributed by atoms with E-state index in [1.807, 2.05) is 35.2 Å². The molecule has 1 amide bonds. The molecule has 4 nitrogen and oxygen atoms in total. The van der Waals surface area contributed by atoms with Crippen LogP contribution in [0.15, 0.2) is 54.6 Å². The molecule has 29 heavy (non-hydrogen) atoms. The summed E-state index contributed by atoms with van der Waals surface area (Å²) in [5.41, 5.74) is 3.38. The van der Waals surface area contributed by atoms with Gasteiger partial charge in [-0.15, -0.1) is 0 Å². The van der Waals surface area contributed by atoms with Gasteiger partial charge in [-0.25, -0.2) is 0 Å². The minimum absolute atomic E-state index is 0.125. The Morgan fingerprint density at radius 2 is 1.86 bits per heavy atom. The maximum absolute atomic E-state index is 12.7. The molecule has 0 aliphatic carbocycles. The molecule has 2 aromatic rings. The summed E-state index contributed by atoms with van der Waals surface area (Å²) < 4.78 is 12.4. The fourth-order valence-corrected chi connectivity index (χ4v) is 4.53. The number of hydrogen-bond donors (Lipinski definition) is 0. The molecule has 1 spiro atoms. The summed E-state index contributed by atoms with van der Waals surface area (Å²) in [4.78, 5) is 14.7. The third-order valence-corrected chi connectivity index (χ3v) is 6.24. The Morgan fingerprint density at radius 3 is 2.62 bits per heavy atom. The highest BCUT2D eigenvalue weighted by molar-refractivity contribution is 5.79. The Kier molecular flexibility index (Phi) is 6.31. The van der Waals surface area contributed by atoms with E-state index in [2.05, 4.69) is 31.2 Å². The van der Waals surface area contributed by atoms with Crippen LogP contribution in [0.3, 0.4) is 0 Å². The van der Waals surface area contributed by atoms with Gasteiger partial charge in [-0.3, -0.25) is 4.79 Å². The van der Waals surface area contributed by atoms with E-state index in [4.69, 9.17) is 9.47 Å². The maximum Gasteiger partial charge on any atom is 0.226 e. The smallest absolute Gasteiger partial charge is 0.226 e. The van der Waals surface area contributed by atoms with Crippen molar-refractivity contribution in [3.05, 3.63) is 71.3 Å². The topological polar surface area (TPSA) is 38.8 Å². The lowest BCUT2D eigenvalue weighted by atomic mass is 9.83. The van der Waals surface area contributed by atoms with Crippen LogP contribution in [0, 0.1) is 6.92 Å². The summed E-state index contributed by atoms with van der Waals surface area (Å²) >= 11 is 0. The van der Waals surface area contributed by atoms with Crippen LogP contribution in [0.2, 0.25) is 0 Å². The van der Waals surface area contributed by atoms with Gasteiger partial charge in [0, 0.05) is 26.1 Å². The number of aryl methyl sites for hydroxylation is 1. The van der Waals surface area contributed by atoms with Gasteiger partial charge in [0.25, 0.3) is 0 Å². The van der Waals surface area contributed by atoms with Crippen LogP contribution in [0.25, 0.3) is 0 Å². The van der Waals surface area contributed by atoms with Crippen LogP contribution in [-0.4, -0.2) is 42.2 Å². The lowest BCUT2D eigenvalue weighted by Crippen LogP contribution is -2.52. The van der Waals surface area contributed by atoms with Gasteiger partial charge in [0.2, 0.25) is 5.91 Å². The molecular formula is C25H31NO3. The van der Waals surface area contributed by atoms with Crippen molar-refractivity contribution in [3.63, 3.8) is 0 Å². The zero-order valence-electron chi connectivity index (χ0n) is 17.3. The predicted octanol–water partition coefficient (Wildman–Crippen LogP) is 4.29. The Morgan fingerprint density at radius 1 is 1.10 bits per heavy atom. The second kappa shape index (κ2) is 9.10. The maximum atomic E-state index is 12.7. The summed E-state index contributed by atoms with van der Waals surface area (Å²) in [6, 6.07) is 18.6. The standard InChI is InChI=1S/C25H31NO3/c1-20-6-5-9-22(16-20)17-24(27)26-13-11-25(12-14-26)18-23(10-15-29-25)28-19-21-7-3-2-4-8-21/h2-9,16,23H,10-15,17-19H2,1H3. The van der Waals surface area contributed by atoms with Crippen molar-refractivity contribution < 1.29 is 14.3 Å². The fourth-order valence-electron chi connectivity index (χ4n) is 4.53. The number of nitrogens with zero attached hydrogens (tertiary/aromatic N) is 1. The summed E-state index contributed by atoms with van der Waals surface area (Å²) in [6.45, 7) is 5.01. The van der Waals surface area contributed by atoms with Gasteiger partial charge in [0.05, 0.1) is 24.7 Å². The van der Waals surface area contributed by atoms with Gasteiger partial charge in [-0.2, -0.15) is 0 Å². The van der Waals surface area contributed by atoms with Crippen molar-refractivity contribution in [2.45, 2.75) is 57.3 Å². The first-order chi connectivity index (χ1) is 14.1. The molecule has 2 aliphatic heterocycles. The molecule has 0 N–H and O–H groups in total. The lowest BCUT2D eigenvalue weighted by molar-refractivity contribution is -0.162. The number of carbonyl (C=O) groups excluding carboxylic acids is 1. The van der Waals surface area contributed by atoms with Gasteiger partial charge < -0.3 is 14.4 Å². The number of ether oxygens (including phenoxy) is 2. The summed E-state index contributed by atoms with van der Waals surface area (Å²) in [6.07, 6.45) is 4.40. The van der Waals surface area contributed by atoms with Crippen molar-refractivity contribution in [3.8, 4) is 0 Å². The molecule has 1 atom stereocenters. The summed E-state index contributed by atoms with van der Waals surface area (Å²) in [7, 11) is 0. The number of rotatable bonds is 5. The predicted molar refractivity (Wildman–Crippen MR) is 114 cm³/mol. The minimum Gasteiger partial charge on any atom is -0.375 e. The summed E-state index contributed by atoms with van der Waals surface area (Å²) in [5.74, 6) is 0.220. The van der Waals surface area contributed by atoms with E-state index in [9.17, 15) is 4.79 Å². The normalized spacial score (nSPS) is 21.3. The molecule has 2 fully saturated rings. The highest BCUT2D eigenvalue weighted by Gasteiger charge is 2.41. The average molecular weight is 394 g/mol. The first-order valence-corrected chi connectivity index (χ1v) is 10.7. The Bertz CT molecular complexity index is 812. The SMILES string of the molecule is Cc1cccc(CC(=O)N2CCC3(CC2)CC(OCc2ccccc2)CCO3)c1. The molecule has 4 rings (SSSR count). The van der Waals surface area contributed by atoms with E-state index in [0.29, 0.717) is 13.0 Å². The molecule has 2 aromatic carbocycles. The molecule has 0 radical (unpaired) electrons. The number of hydrogen-bond acceptors (Lipinski definition) is 3. The van der Waals surface area contributed by atoms with E-state index in [-0.39, 0.29) is 17.6 Å². The zero-order chi connectivity index (χ0) is 20.1. The number of carbonyl (C=O) groups is 1. The minimum atomic E-state index is -0.125. The molecule has 2 saturated heterocycles. The Hall–Kier alpha value is -2.17. The van der Waals surface area contributed by atoms with Crippen LogP contribution in [0.5, 0.6) is 0 Å². The third kappa shape index (κ3) is 5.26. The highest BCUT2D eigenvalue weighted by Crippen LogP contribution is 2.36. The summed E-state index contributed by atoms with van der Waals surface area (Å²) in [5, 5.41) is 0. The number of piperidine rings is 1. The van der Waals surface area contributed by atoms with Crippen molar-refractivity contribution in [2.24, 2.45) is 0 Å². The van der Waals surface area contributed by atoms with E-state index in [1.54, 1.807) is 0 Å². The van der Waals surface area contributed by atoms with E-state index in [1.165, 1.54) is 11.1 Å². The third-order valence-electron chi connectivity index (χ3n) is 6.24. The van der Waals surface area contributed by atoms with Gasteiger partial charge in [-0.05, 0) is 37.3 Å². The molecule has 1 unspecified atom stereocenters. The zero-order valence-corrected chi connectivity index (χ0v) is 17.3. The van der Waals surface area contributed by atoms with E-state index in [0.717, 1.165) is 50.9 Å². The van der Waals surface area contributed by atoms with Gasteiger partial charge >= 0.3 is 0 Å². The molecule has 0 saturated carbocycles. The first-order valence-electron chi connectivity index (χ1n) is 10.7. The van der Waals surface area contributed by atoms with Gasteiger partial charge in [-0.1, -0.05) is 60.2 Å². The Labute approximate surface area is 173 Å². The van der Waals surface area contributed by atoms with Gasteiger partial charge in [0.1, 0.15) is 0 Å². The average Bonchev–Trinajstić information content (AvgIpc) is 2.74. The van der Waals surface area contributed by atoms with Gasteiger partial charge in [0.15, 0.2) is 0 Å². The number of benzene rings is 2. The lowest BCUT2D eigenvalue weighted by Gasteiger charge is -2.46. The van der Waals surface area contributed by atoms with E-state index >= 15 is 0 Å². The van der Waals surface area contributed by atoms with Crippen LogP contribution in [0.4, 0.5) is 0 Å². The molecule has 154 valence electrons. The van der Waals surface area contributed by atoms with Crippen molar-refractivity contribution in [1.82, 2.24) is 4.90 Å². The molecular weight excluding hydrogens is 362 g/mol. The quantitative estimate of drug-likeness (QED) is 0.760. The second-order valence-electron chi connectivity index (χ2n) is 8.49. The molecule has 2 heterocycles. The largest absolute Gasteiger partial charge is 0.375 e. The van der Waals surface area contributed by atoms with Crippen molar-refractivity contribution in [1.29, 1.82) is 0 Å². The van der Waals surface area contributed by atoms with Crippen LogP contribution < -0.4 is 0 Å². The second-order valence-corrected chi connectivity index (χ2v) is 8.49.